The van der Waals surface area contributed by atoms with Crippen molar-refractivity contribution in [2.24, 2.45) is 5.92 Å². The average Bonchev–Trinajstić information content (AvgIpc) is 4.02. The summed E-state index contributed by atoms with van der Waals surface area (Å²) in [6.45, 7) is 1.65. The molecule has 0 unspecified atom stereocenters. The van der Waals surface area contributed by atoms with E-state index in [-0.39, 0.29) is 24.0 Å². The van der Waals surface area contributed by atoms with E-state index >= 15 is 19.2 Å². The van der Waals surface area contributed by atoms with E-state index < -0.39 is 71.0 Å². The van der Waals surface area contributed by atoms with Crippen LogP contribution in [0.5, 0.6) is 5.75 Å². The molecule has 7 atom stereocenters. The fraction of sp³-hybridized carbons (Fsp3) is 0.283. The summed E-state index contributed by atoms with van der Waals surface area (Å²) in [6.07, 6.45) is 3.75. The number of esters is 1. The summed E-state index contributed by atoms with van der Waals surface area (Å²) >= 11 is 1.26. The van der Waals surface area contributed by atoms with Crippen LogP contribution in [0.3, 0.4) is 0 Å². The first kappa shape index (κ1) is 48.6. The Morgan fingerprint density at radius 2 is 1.47 bits per heavy atom. The maximum atomic E-state index is 16.9. The second-order valence-electron chi connectivity index (χ2n) is 19.5. The van der Waals surface area contributed by atoms with Crippen molar-refractivity contribution in [3.63, 3.8) is 0 Å². The molecule has 7 aromatic rings. The number of hydrogen-bond donors (Lipinski definition) is 4. The van der Waals surface area contributed by atoms with Crippen molar-refractivity contribution in [1.82, 2.24) is 15.2 Å². The predicted molar refractivity (Wildman–Crippen MR) is 282 cm³/mol. The number of nitrogens with one attached hydrogen (secondary N) is 2. The molecule has 0 radical (unpaired) electrons. The van der Waals surface area contributed by atoms with Gasteiger partial charge in [-0.25, -0.2) is 14.7 Å². The van der Waals surface area contributed by atoms with Gasteiger partial charge in [0.15, 0.2) is 5.13 Å². The van der Waals surface area contributed by atoms with Crippen LogP contribution >= 0.6 is 11.3 Å². The molecule has 4 N–H and O–H groups in total. The highest BCUT2D eigenvalue weighted by molar-refractivity contribution is 7.22. The lowest BCUT2D eigenvalue weighted by Crippen LogP contribution is -2.55. The zero-order valence-corrected chi connectivity index (χ0v) is 41.5. The third-order valence-corrected chi connectivity index (χ3v) is 16.0. The summed E-state index contributed by atoms with van der Waals surface area (Å²) in [6, 6.07) is 43.4. The third kappa shape index (κ3) is 8.79. The number of ether oxygens (including phenoxy) is 2. The summed E-state index contributed by atoms with van der Waals surface area (Å²) in [5, 5.41) is 27.9. The minimum absolute atomic E-state index is 0.0336. The predicted octanol–water partition coefficient (Wildman–Crippen LogP) is 9.88. The number of nitrogens with zero attached hydrogens (tertiary/aromatic N) is 3. The van der Waals surface area contributed by atoms with Crippen molar-refractivity contribution in [2.45, 2.75) is 86.7 Å². The summed E-state index contributed by atoms with van der Waals surface area (Å²) in [5.41, 5.74) is 1.07. The fourth-order valence-corrected chi connectivity index (χ4v) is 12.6. The lowest BCUT2D eigenvalue weighted by atomic mass is 9.65. The van der Waals surface area contributed by atoms with Gasteiger partial charge in [-0.3, -0.25) is 19.3 Å². The Balaban J connectivity index is 1.19. The van der Waals surface area contributed by atoms with Gasteiger partial charge in [-0.2, -0.15) is 0 Å². The molecule has 6 aromatic carbocycles. The summed E-state index contributed by atoms with van der Waals surface area (Å²) < 4.78 is 13.3. The Labute approximate surface area is 433 Å². The quantitative estimate of drug-likeness (QED) is 0.0588. The maximum absolute atomic E-state index is 16.9. The van der Waals surface area contributed by atoms with E-state index in [2.05, 4.69) is 22.5 Å². The number of aliphatic hydroxyl groups is 2. The van der Waals surface area contributed by atoms with Crippen molar-refractivity contribution in [3.05, 3.63) is 191 Å². The smallest absolute Gasteiger partial charge is 0.329 e. The molecule has 3 aliphatic heterocycles. The van der Waals surface area contributed by atoms with Gasteiger partial charge in [-0.1, -0.05) is 151 Å². The monoisotopic (exact) mass is 1010 g/mol. The molecule has 74 heavy (non-hydrogen) atoms. The third-order valence-electron chi connectivity index (χ3n) is 15.0. The van der Waals surface area contributed by atoms with Crippen LogP contribution in [0.4, 0.5) is 15.6 Å². The highest BCUT2D eigenvalue weighted by Crippen LogP contribution is 2.66. The number of rotatable bonds is 10. The molecule has 14 heteroatoms. The van der Waals surface area contributed by atoms with Crippen molar-refractivity contribution in [1.29, 1.82) is 0 Å². The minimum Gasteiger partial charge on any atom is -0.491 e. The number of para-hydroxylation sites is 1. The Morgan fingerprint density at radius 3 is 2.16 bits per heavy atom. The summed E-state index contributed by atoms with van der Waals surface area (Å²) in [5.74, 6) is 3.17. The number of aromatic nitrogens is 1. The van der Waals surface area contributed by atoms with Gasteiger partial charge in [-0.05, 0) is 103 Å². The van der Waals surface area contributed by atoms with Gasteiger partial charge >= 0.3 is 12.0 Å². The number of amides is 4. The SMILES string of the molecule is C[C@@H](NC(=O)N1C(=O)[C@@]2(c3cc(C#CC4(O)CCCCCC4)ccc31)[C@H](C(=O)Nc1nc3ccccc3s1)[C@H]1C(=O)O[C@H](c3ccccc3)[C@H](c3ccccc3)N1[C@@H]2c1ccc(OCCO)cc1)c1ccccc1. The molecule has 4 aliphatic rings. The topological polar surface area (TPSA) is 171 Å². The molecule has 1 spiro atoms. The first-order valence-corrected chi connectivity index (χ1v) is 26.1. The molecule has 3 fully saturated rings. The van der Waals surface area contributed by atoms with E-state index in [4.69, 9.17) is 14.5 Å². The Kier molecular flexibility index (Phi) is 13.3. The number of fused-ring (bicyclic) bond motifs is 4. The largest absolute Gasteiger partial charge is 0.491 e. The molecule has 2 saturated heterocycles. The molecular formula is C60H55N5O8S. The van der Waals surface area contributed by atoms with Crippen LogP contribution in [0.2, 0.25) is 0 Å². The number of anilines is 2. The molecule has 1 aliphatic carbocycles. The zero-order chi connectivity index (χ0) is 51.0. The average molecular weight is 1010 g/mol. The van der Waals surface area contributed by atoms with E-state index in [9.17, 15) is 10.2 Å². The van der Waals surface area contributed by atoms with E-state index in [0.29, 0.717) is 46.4 Å². The van der Waals surface area contributed by atoms with Crippen LogP contribution in [0, 0.1) is 17.8 Å². The number of hydrogen-bond acceptors (Lipinski definition) is 11. The molecule has 374 valence electrons. The van der Waals surface area contributed by atoms with Crippen LogP contribution < -0.4 is 20.3 Å². The van der Waals surface area contributed by atoms with E-state index in [0.717, 1.165) is 46.4 Å². The van der Waals surface area contributed by atoms with Crippen molar-refractivity contribution in [2.75, 3.05) is 23.4 Å². The van der Waals surface area contributed by atoms with Crippen molar-refractivity contribution in [3.8, 4) is 17.6 Å². The number of morpholine rings is 1. The molecule has 13 nitrogen and oxygen atoms in total. The van der Waals surface area contributed by atoms with Gasteiger partial charge in [0.2, 0.25) is 11.8 Å². The number of benzene rings is 6. The van der Waals surface area contributed by atoms with Crippen LogP contribution in [0.1, 0.15) is 103 Å². The fourth-order valence-electron chi connectivity index (χ4n) is 11.7. The second kappa shape index (κ2) is 20.3. The normalized spacial score (nSPS) is 23.4. The van der Waals surface area contributed by atoms with Gasteiger partial charge < -0.3 is 30.3 Å². The van der Waals surface area contributed by atoms with Crippen LogP contribution in [0.15, 0.2) is 158 Å². The zero-order valence-electron chi connectivity index (χ0n) is 40.7. The first-order chi connectivity index (χ1) is 36.1. The van der Waals surface area contributed by atoms with Crippen LogP contribution in [-0.2, 0) is 24.5 Å². The molecular weight excluding hydrogens is 951 g/mol. The molecule has 0 bridgehead atoms. The van der Waals surface area contributed by atoms with E-state index in [1.807, 2.05) is 139 Å². The maximum Gasteiger partial charge on any atom is 0.329 e. The Morgan fingerprint density at radius 1 is 0.811 bits per heavy atom. The lowest BCUT2D eigenvalue weighted by molar-refractivity contribution is -0.177. The van der Waals surface area contributed by atoms with Gasteiger partial charge in [-0.15, -0.1) is 0 Å². The number of urea groups is 1. The van der Waals surface area contributed by atoms with Gasteiger partial charge in [0.25, 0.3) is 0 Å². The minimum atomic E-state index is -2.07. The second-order valence-corrected chi connectivity index (χ2v) is 20.6. The summed E-state index contributed by atoms with van der Waals surface area (Å²) in [7, 11) is 0. The number of aliphatic hydroxyl groups excluding tert-OH is 1. The number of imide groups is 1. The highest BCUT2D eigenvalue weighted by Gasteiger charge is 2.75. The summed E-state index contributed by atoms with van der Waals surface area (Å²) in [4.78, 5) is 71.7. The van der Waals surface area contributed by atoms with Gasteiger partial charge in [0.05, 0.1) is 46.6 Å². The Hall–Kier alpha value is -7.67. The number of carbonyl (C=O) groups excluding carboxylic acids is 4. The van der Waals surface area contributed by atoms with Crippen molar-refractivity contribution < 1.29 is 38.9 Å². The van der Waals surface area contributed by atoms with Gasteiger partial charge in [0, 0.05) is 5.56 Å². The Bertz CT molecular complexity index is 3250. The van der Waals surface area contributed by atoms with E-state index in [1.165, 1.54) is 11.3 Å². The van der Waals surface area contributed by atoms with Crippen LogP contribution in [-0.4, -0.2) is 68.8 Å². The van der Waals surface area contributed by atoms with Crippen molar-refractivity contribution >= 4 is 56.2 Å². The highest BCUT2D eigenvalue weighted by atomic mass is 32.1. The van der Waals surface area contributed by atoms with Gasteiger partial charge in [0.1, 0.15) is 35.5 Å². The standard InChI is InChI=1S/C60H55N5O8S/c1-38(40-17-7-4-8-18-40)61-58(70)64-47-30-25-39(31-34-59(71)32-15-2-3-16-33-59)37-45(47)60(56(64)69)49(54(67)63-57-62-46-23-13-14-24-48(46)74-57)51-55(68)73-52(42-21-11-6-12-22-42)50(41-19-9-5-10-20-41)65(51)53(60)43-26-28-44(29-27-43)72-36-35-66/h4-14,17-30,37-38,49-53,66,71H,2-3,15-16,32-33,35-36H2,1H3,(H,61,70)(H,62,63,67)/t38-,49+,50+,51+,52-,53-,60+/m1/s1. The molecule has 4 heterocycles. The lowest BCUT2D eigenvalue weighted by Gasteiger charge is -2.46. The number of cyclic esters (lactones) is 1. The molecule has 4 amide bonds. The molecule has 1 saturated carbocycles. The first-order valence-electron chi connectivity index (χ1n) is 25.3. The number of carbonyl (C=O) groups is 4. The van der Waals surface area contributed by atoms with E-state index in [1.54, 1.807) is 30.3 Å². The molecule has 1 aromatic heterocycles. The number of thiazole rings is 1. The van der Waals surface area contributed by atoms with Crippen LogP contribution in [0.25, 0.3) is 10.2 Å². The molecule has 11 rings (SSSR count).